The first-order valence-electron chi connectivity index (χ1n) is 7.86. The quantitative estimate of drug-likeness (QED) is 0.875. The van der Waals surface area contributed by atoms with E-state index in [9.17, 15) is 4.79 Å². The lowest BCUT2D eigenvalue weighted by molar-refractivity contribution is -0.145. The van der Waals surface area contributed by atoms with Crippen molar-refractivity contribution in [2.45, 2.75) is 44.2 Å². The van der Waals surface area contributed by atoms with Gasteiger partial charge in [0.05, 0.1) is 0 Å². The molecule has 1 aliphatic carbocycles. The molecule has 2 N–H and O–H groups in total. The van der Waals surface area contributed by atoms with Gasteiger partial charge in [-0.2, -0.15) is 0 Å². The zero-order valence-electron chi connectivity index (χ0n) is 12.8. The Morgan fingerprint density at radius 2 is 1.95 bits per heavy atom. The number of amides is 1. The second kappa shape index (κ2) is 8.15. The van der Waals surface area contributed by atoms with Crippen LogP contribution >= 0.6 is 0 Å². The maximum Gasteiger partial charge on any atom is 0.256 e. The van der Waals surface area contributed by atoms with Gasteiger partial charge in [-0.1, -0.05) is 49.6 Å². The lowest BCUT2D eigenvalue weighted by atomic mass is 9.93. The summed E-state index contributed by atoms with van der Waals surface area (Å²) in [6, 6.07) is 10.0. The molecule has 0 heterocycles. The predicted octanol–water partition coefficient (Wildman–Crippen LogP) is 2.49. The zero-order valence-corrected chi connectivity index (χ0v) is 12.8. The van der Waals surface area contributed by atoms with Gasteiger partial charge in [0.25, 0.3) is 5.91 Å². The van der Waals surface area contributed by atoms with Gasteiger partial charge in [-0.25, -0.2) is 0 Å². The molecule has 0 saturated heterocycles. The van der Waals surface area contributed by atoms with Crippen LogP contribution in [0.2, 0.25) is 0 Å². The van der Waals surface area contributed by atoms with Gasteiger partial charge in [0.15, 0.2) is 6.10 Å². The topological polar surface area (TPSA) is 55.6 Å². The van der Waals surface area contributed by atoms with Gasteiger partial charge in [0, 0.05) is 26.2 Å². The molecule has 4 heteroatoms. The summed E-state index contributed by atoms with van der Waals surface area (Å²) in [6.07, 6.45) is 5.30. The molecule has 1 aromatic rings. The van der Waals surface area contributed by atoms with Crippen molar-refractivity contribution in [1.29, 1.82) is 0 Å². The molecule has 0 radical (unpaired) electrons. The highest BCUT2D eigenvalue weighted by Gasteiger charge is 2.30. The molecular weight excluding hydrogens is 264 g/mol. The molecule has 2 rings (SSSR count). The molecule has 1 atom stereocenters. The summed E-state index contributed by atoms with van der Waals surface area (Å²) in [7, 11) is 1.59. The SMILES string of the molecule is COC(C(=O)N(CCN)C1CCCCC1)c1ccccc1. The van der Waals surface area contributed by atoms with E-state index in [1.165, 1.54) is 19.3 Å². The molecule has 0 bridgehead atoms. The number of carbonyl (C=O) groups is 1. The van der Waals surface area contributed by atoms with Crippen molar-refractivity contribution >= 4 is 5.91 Å². The van der Waals surface area contributed by atoms with Crippen LogP contribution in [0.4, 0.5) is 0 Å². The zero-order chi connectivity index (χ0) is 15.1. The number of benzene rings is 1. The van der Waals surface area contributed by atoms with Crippen molar-refractivity contribution in [3.05, 3.63) is 35.9 Å². The number of nitrogens with two attached hydrogens (primary N) is 1. The fraction of sp³-hybridized carbons (Fsp3) is 0.588. The number of nitrogens with zero attached hydrogens (tertiary/aromatic N) is 1. The molecule has 1 amide bonds. The average molecular weight is 290 g/mol. The van der Waals surface area contributed by atoms with Crippen molar-refractivity contribution in [3.63, 3.8) is 0 Å². The molecule has 0 spiro atoms. The average Bonchev–Trinajstić information content (AvgIpc) is 2.55. The molecule has 4 nitrogen and oxygen atoms in total. The third-order valence-electron chi connectivity index (χ3n) is 4.23. The fourth-order valence-corrected chi connectivity index (χ4v) is 3.16. The van der Waals surface area contributed by atoms with E-state index in [0.29, 0.717) is 19.1 Å². The van der Waals surface area contributed by atoms with Crippen molar-refractivity contribution in [2.24, 2.45) is 5.73 Å². The Labute approximate surface area is 127 Å². The molecule has 1 unspecified atom stereocenters. The molecular formula is C17H26N2O2. The summed E-state index contributed by atoms with van der Waals surface area (Å²) in [5, 5.41) is 0. The van der Waals surface area contributed by atoms with Gasteiger partial charge < -0.3 is 15.4 Å². The molecule has 1 fully saturated rings. The largest absolute Gasteiger partial charge is 0.367 e. The van der Waals surface area contributed by atoms with Gasteiger partial charge in [-0.05, 0) is 18.4 Å². The number of hydrogen-bond donors (Lipinski definition) is 1. The first-order chi connectivity index (χ1) is 10.3. The Morgan fingerprint density at radius 3 is 2.52 bits per heavy atom. The van der Waals surface area contributed by atoms with E-state index in [0.717, 1.165) is 18.4 Å². The molecule has 0 aliphatic heterocycles. The molecule has 1 aliphatic rings. The number of rotatable bonds is 6. The third kappa shape index (κ3) is 4.05. The minimum absolute atomic E-state index is 0.0426. The van der Waals surface area contributed by atoms with Gasteiger partial charge in [0.1, 0.15) is 0 Å². The van der Waals surface area contributed by atoms with Crippen LogP contribution in [-0.2, 0) is 9.53 Å². The highest BCUT2D eigenvalue weighted by atomic mass is 16.5. The minimum atomic E-state index is -0.528. The summed E-state index contributed by atoms with van der Waals surface area (Å²) < 4.78 is 5.48. The number of carbonyl (C=O) groups excluding carboxylic acids is 1. The van der Waals surface area contributed by atoms with Crippen LogP contribution in [0.3, 0.4) is 0 Å². The fourth-order valence-electron chi connectivity index (χ4n) is 3.16. The van der Waals surface area contributed by atoms with Gasteiger partial charge in [0.2, 0.25) is 0 Å². The Kier molecular flexibility index (Phi) is 6.21. The monoisotopic (exact) mass is 290 g/mol. The lowest BCUT2D eigenvalue weighted by Crippen LogP contribution is -2.46. The number of hydrogen-bond acceptors (Lipinski definition) is 3. The van der Waals surface area contributed by atoms with E-state index in [2.05, 4.69) is 0 Å². The summed E-state index contributed by atoms with van der Waals surface area (Å²) >= 11 is 0. The smallest absolute Gasteiger partial charge is 0.256 e. The van der Waals surface area contributed by atoms with Crippen molar-refractivity contribution in [2.75, 3.05) is 20.2 Å². The first-order valence-corrected chi connectivity index (χ1v) is 7.86. The van der Waals surface area contributed by atoms with Crippen LogP contribution in [0.15, 0.2) is 30.3 Å². The van der Waals surface area contributed by atoms with Gasteiger partial charge >= 0.3 is 0 Å². The van der Waals surface area contributed by atoms with Crippen molar-refractivity contribution < 1.29 is 9.53 Å². The van der Waals surface area contributed by atoms with E-state index in [1.807, 2.05) is 35.2 Å². The Bertz CT molecular complexity index is 430. The van der Waals surface area contributed by atoms with Gasteiger partial charge in [-0.3, -0.25) is 4.79 Å². The summed E-state index contributed by atoms with van der Waals surface area (Å²) in [5.41, 5.74) is 6.62. The number of ether oxygens (including phenoxy) is 1. The van der Waals surface area contributed by atoms with E-state index in [4.69, 9.17) is 10.5 Å². The molecule has 1 saturated carbocycles. The van der Waals surface area contributed by atoms with Crippen LogP contribution < -0.4 is 5.73 Å². The Balaban J connectivity index is 2.15. The molecule has 1 aromatic carbocycles. The number of methoxy groups -OCH3 is 1. The van der Waals surface area contributed by atoms with Gasteiger partial charge in [-0.15, -0.1) is 0 Å². The third-order valence-corrected chi connectivity index (χ3v) is 4.23. The second-order valence-corrected chi connectivity index (χ2v) is 5.64. The van der Waals surface area contributed by atoms with E-state index >= 15 is 0 Å². The normalized spacial score (nSPS) is 17.4. The Morgan fingerprint density at radius 1 is 1.29 bits per heavy atom. The lowest BCUT2D eigenvalue weighted by Gasteiger charge is -2.36. The van der Waals surface area contributed by atoms with E-state index < -0.39 is 6.10 Å². The summed E-state index contributed by atoms with van der Waals surface area (Å²) in [4.78, 5) is 14.9. The molecule has 116 valence electrons. The maximum atomic E-state index is 12.9. The highest BCUT2D eigenvalue weighted by Crippen LogP contribution is 2.26. The van der Waals surface area contributed by atoms with Crippen LogP contribution in [0.25, 0.3) is 0 Å². The first kappa shape index (κ1) is 16.0. The van der Waals surface area contributed by atoms with E-state index in [1.54, 1.807) is 7.11 Å². The standard InChI is InChI=1S/C17H26N2O2/c1-21-16(14-8-4-2-5-9-14)17(20)19(13-12-18)15-10-6-3-7-11-15/h2,4-5,8-9,15-16H,3,6-7,10-13,18H2,1H3. The second-order valence-electron chi connectivity index (χ2n) is 5.64. The van der Waals surface area contributed by atoms with Crippen LogP contribution in [0.1, 0.15) is 43.8 Å². The van der Waals surface area contributed by atoms with Crippen molar-refractivity contribution in [1.82, 2.24) is 4.90 Å². The predicted molar refractivity (Wildman–Crippen MR) is 83.8 cm³/mol. The van der Waals surface area contributed by atoms with Crippen LogP contribution in [-0.4, -0.2) is 37.0 Å². The molecule has 21 heavy (non-hydrogen) atoms. The van der Waals surface area contributed by atoms with E-state index in [-0.39, 0.29) is 5.91 Å². The van der Waals surface area contributed by atoms with Crippen molar-refractivity contribution in [3.8, 4) is 0 Å². The highest BCUT2D eigenvalue weighted by molar-refractivity contribution is 5.82. The van der Waals surface area contributed by atoms with Crippen LogP contribution in [0, 0.1) is 0 Å². The summed E-state index contributed by atoms with van der Waals surface area (Å²) in [5.74, 6) is 0.0426. The summed E-state index contributed by atoms with van der Waals surface area (Å²) in [6.45, 7) is 1.10. The van der Waals surface area contributed by atoms with Crippen LogP contribution in [0.5, 0.6) is 0 Å². The molecule has 0 aromatic heterocycles. The minimum Gasteiger partial charge on any atom is -0.367 e. The Hall–Kier alpha value is -1.39. The maximum absolute atomic E-state index is 12.9.